The summed E-state index contributed by atoms with van der Waals surface area (Å²) in [5, 5.41) is 15.0. The van der Waals surface area contributed by atoms with E-state index in [-0.39, 0.29) is 41.2 Å². The van der Waals surface area contributed by atoms with Gasteiger partial charge in [-0.1, -0.05) is 77.8 Å². The van der Waals surface area contributed by atoms with Gasteiger partial charge in [-0.15, -0.1) is 0 Å². The van der Waals surface area contributed by atoms with Gasteiger partial charge in [0, 0.05) is 56.9 Å². The molecule has 4 rings (SSSR count). The zero-order chi connectivity index (χ0) is 44.7. The highest BCUT2D eigenvalue weighted by atomic mass is 35.5. The number of alkyl carbamates (subject to hydrolysis) is 1. The van der Waals surface area contributed by atoms with E-state index in [1.807, 2.05) is 19.9 Å². The van der Waals surface area contributed by atoms with Gasteiger partial charge >= 0.3 is 12.1 Å². The van der Waals surface area contributed by atoms with Gasteiger partial charge in [0.2, 0.25) is 11.8 Å². The fourth-order valence-electron chi connectivity index (χ4n) is 7.41. The van der Waals surface area contributed by atoms with Crippen molar-refractivity contribution in [2.24, 2.45) is 5.92 Å². The molecule has 10 atom stereocenters. The zero-order valence-corrected chi connectivity index (χ0v) is 39.0. The van der Waals surface area contributed by atoms with E-state index in [2.05, 4.69) is 12.2 Å². The summed E-state index contributed by atoms with van der Waals surface area (Å²) in [6.07, 6.45) is 2.97. The molecule has 60 heavy (non-hydrogen) atoms. The number of fused-ring (bicyclic) bond motifs is 5. The van der Waals surface area contributed by atoms with E-state index in [0.29, 0.717) is 35.9 Å². The monoisotopic (exact) mass is 895 g/mol. The minimum atomic E-state index is -1.84. The number of allylic oxidation sites excluding steroid dienone is 3. The Morgan fingerprint density at radius 2 is 1.77 bits per heavy atom. The Morgan fingerprint density at radius 1 is 1.12 bits per heavy atom. The number of rotatable bonds is 14. The number of Topliss-reactive ketones (excluding diaryl/α,β-unsaturated/α-hetero) is 1. The van der Waals surface area contributed by atoms with E-state index < -0.39 is 65.7 Å². The standard InChI is InChI=1S/C43H62ClN3O11S2/c1-24-13-12-14-34(55-11)43(53)23-33(56-41(52)45-43)28(5)39-42(7,58-39)35(22-37(50)47(9)31-20-30(19-24)21-32(54-10)38(31)44)57-40(51)29(6)46(8)36(49)18-17-27(4)60-59-26(3)16-15-25(2)48/h12-14,20-21,26-29,33-35,39,53H,15-19,22-23H2,1-11H3,(H,45,52)/b14-12+,24-13+/t26?,27?,28-,29+,33+,34-,35+,39+,42?,43+/m1/s1. The summed E-state index contributed by atoms with van der Waals surface area (Å²) in [7, 11) is 9.42. The lowest BCUT2D eigenvalue weighted by Crippen LogP contribution is -2.63. The number of benzene rings is 1. The second-order valence-corrected chi connectivity index (χ2v) is 20.0. The van der Waals surface area contributed by atoms with Crippen molar-refractivity contribution in [3.8, 4) is 5.75 Å². The molecule has 17 heteroatoms. The van der Waals surface area contributed by atoms with Crippen molar-refractivity contribution in [3.63, 3.8) is 0 Å². The molecule has 0 aliphatic carbocycles. The van der Waals surface area contributed by atoms with Crippen LogP contribution >= 0.6 is 33.2 Å². The molecule has 1 aromatic rings. The smallest absolute Gasteiger partial charge is 0.409 e. The highest BCUT2D eigenvalue weighted by Gasteiger charge is 2.64. The quantitative estimate of drug-likeness (QED) is 0.113. The average molecular weight is 897 g/mol. The van der Waals surface area contributed by atoms with Crippen LogP contribution in [-0.4, -0.2) is 120 Å². The number of anilines is 1. The number of amides is 3. The number of methoxy groups -OCH3 is 2. The normalized spacial score (nSPS) is 30.0. The van der Waals surface area contributed by atoms with Gasteiger partial charge in [0.05, 0.1) is 25.3 Å². The molecule has 334 valence electrons. The van der Waals surface area contributed by atoms with Crippen molar-refractivity contribution in [2.45, 2.75) is 146 Å². The van der Waals surface area contributed by atoms with Crippen LogP contribution in [0.15, 0.2) is 35.9 Å². The molecular weight excluding hydrogens is 834 g/mol. The topological polar surface area (TPSA) is 174 Å². The highest BCUT2D eigenvalue weighted by Crippen LogP contribution is 2.49. The van der Waals surface area contributed by atoms with Gasteiger partial charge in [0.1, 0.15) is 46.5 Å². The van der Waals surface area contributed by atoms with Crippen LogP contribution in [0.25, 0.3) is 0 Å². The van der Waals surface area contributed by atoms with Gasteiger partial charge in [0.25, 0.3) is 0 Å². The first-order valence-corrected chi connectivity index (χ1v) is 23.0. The zero-order valence-electron chi connectivity index (χ0n) is 36.6. The average Bonchev–Trinajstić information content (AvgIpc) is 3.90. The predicted molar refractivity (Wildman–Crippen MR) is 234 cm³/mol. The summed E-state index contributed by atoms with van der Waals surface area (Å²) in [4.78, 5) is 68.6. The Kier molecular flexibility index (Phi) is 17.4. The van der Waals surface area contributed by atoms with Gasteiger partial charge in [-0.2, -0.15) is 0 Å². The van der Waals surface area contributed by atoms with Crippen molar-refractivity contribution >= 4 is 68.5 Å². The first-order chi connectivity index (χ1) is 28.1. The number of carbonyl (C=O) groups is 5. The van der Waals surface area contributed by atoms with E-state index in [4.69, 9.17) is 35.3 Å². The Morgan fingerprint density at radius 3 is 2.38 bits per heavy atom. The van der Waals surface area contributed by atoms with Crippen LogP contribution in [0.4, 0.5) is 10.5 Å². The number of aliphatic hydroxyl groups is 1. The summed E-state index contributed by atoms with van der Waals surface area (Å²) in [5.41, 5.74) is -0.961. The molecule has 3 aliphatic rings. The van der Waals surface area contributed by atoms with E-state index >= 15 is 0 Å². The lowest BCUT2D eigenvalue weighted by atomic mass is 9.83. The number of ether oxygens (including phenoxy) is 5. The summed E-state index contributed by atoms with van der Waals surface area (Å²) < 4.78 is 29.4. The first kappa shape index (κ1) is 49.4. The molecule has 1 aromatic carbocycles. The number of hydrogen-bond donors (Lipinski definition) is 2. The van der Waals surface area contributed by atoms with Crippen LogP contribution in [0.5, 0.6) is 5.75 Å². The molecule has 2 N–H and O–H groups in total. The highest BCUT2D eigenvalue weighted by molar-refractivity contribution is 8.77. The molecule has 0 spiro atoms. The molecule has 3 heterocycles. The number of hydrogen-bond acceptors (Lipinski definition) is 13. The molecule has 3 unspecified atom stereocenters. The van der Waals surface area contributed by atoms with Crippen molar-refractivity contribution in [1.82, 2.24) is 10.2 Å². The molecule has 0 saturated carbocycles. The van der Waals surface area contributed by atoms with Crippen LogP contribution in [0.2, 0.25) is 5.02 Å². The van der Waals surface area contributed by atoms with Gasteiger partial charge in [-0.05, 0) is 64.7 Å². The van der Waals surface area contributed by atoms with Crippen LogP contribution in [-0.2, 0) is 44.5 Å². The van der Waals surface area contributed by atoms with Gasteiger partial charge in [-0.25, -0.2) is 9.59 Å². The molecule has 0 radical (unpaired) electrons. The summed E-state index contributed by atoms with van der Waals surface area (Å²) in [6, 6.07) is 2.58. The Balaban J connectivity index is 1.61. The third-order valence-corrected chi connectivity index (χ3v) is 15.5. The molecule has 2 fully saturated rings. The van der Waals surface area contributed by atoms with Crippen molar-refractivity contribution in [3.05, 3.63) is 46.5 Å². The van der Waals surface area contributed by atoms with Gasteiger partial charge in [0.15, 0.2) is 5.72 Å². The number of carbonyl (C=O) groups excluding carboxylic acids is 5. The lowest BCUT2D eigenvalue weighted by Gasteiger charge is -2.42. The lowest BCUT2D eigenvalue weighted by molar-refractivity contribution is -0.162. The first-order valence-electron chi connectivity index (χ1n) is 20.3. The maximum atomic E-state index is 14.3. The number of esters is 1. The van der Waals surface area contributed by atoms with E-state index in [1.165, 1.54) is 24.0 Å². The van der Waals surface area contributed by atoms with Gasteiger partial charge < -0.3 is 43.4 Å². The molecule has 3 aliphatic heterocycles. The third-order valence-electron chi connectivity index (χ3n) is 11.6. The van der Waals surface area contributed by atoms with Crippen molar-refractivity contribution in [1.29, 1.82) is 0 Å². The summed E-state index contributed by atoms with van der Waals surface area (Å²) in [6.45, 7) is 12.7. The Labute approximate surface area is 367 Å². The number of epoxide rings is 1. The third kappa shape index (κ3) is 12.4. The number of nitrogens with zero attached hydrogens (tertiary/aromatic N) is 2. The SMILES string of the molecule is COc1cc2cc(c1Cl)N(C)C(=O)C[C@H](OC(=O)[C@H](C)N(C)C(=O)CCC(C)SSC(C)CCC(C)=O)C1(C)O[C@H]1[C@H](C)[C@@H]1C[C@@](O)(NC(=O)O1)[C@H](OC)/C=C/C=C(\C)C2. The minimum absolute atomic E-state index is 0.0592. The van der Waals surface area contributed by atoms with E-state index in [1.54, 1.807) is 87.7 Å². The van der Waals surface area contributed by atoms with Gasteiger partial charge in [-0.3, -0.25) is 14.9 Å². The largest absolute Gasteiger partial charge is 0.495 e. The van der Waals surface area contributed by atoms with Crippen molar-refractivity contribution in [2.75, 3.05) is 33.2 Å². The Hall–Kier alpha value is -3.28. The molecule has 0 aromatic heterocycles. The minimum Gasteiger partial charge on any atom is -0.495 e. The van der Waals surface area contributed by atoms with E-state index in [9.17, 15) is 29.1 Å². The fourth-order valence-corrected chi connectivity index (χ4v) is 10.2. The van der Waals surface area contributed by atoms with Crippen LogP contribution in [0.1, 0.15) is 92.6 Å². The fraction of sp³-hybridized carbons (Fsp3) is 0.651. The molecular formula is C43H62ClN3O11S2. The second-order valence-electron chi connectivity index (χ2n) is 16.5. The number of nitrogens with one attached hydrogen (secondary N) is 1. The maximum absolute atomic E-state index is 14.3. The van der Waals surface area contributed by atoms with Crippen LogP contribution < -0.4 is 15.0 Å². The second kappa shape index (κ2) is 21.2. The number of likely N-dealkylation sites (N-methyl/N-ethyl adjacent to an activating group) is 1. The van der Waals surface area contributed by atoms with Crippen LogP contribution in [0, 0.1) is 5.92 Å². The van der Waals surface area contributed by atoms with Crippen LogP contribution in [0.3, 0.4) is 0 Å². The molecule has 2 saturated heterocycles. The summed E-state index contributed by atoms with van der Waals surface area (Å²) in [5.74, 6) is -1.42. The molecule has 4 bridgehead atoms. The molecule has 14 nitrogen and oxygen atoms in total. The predicted octanol–water partition coefficient (Wildman–Crippen LogP) is 6.82. The maximum Gasteiger partial charge on any atom is 0.409 e. The molecule has 3 amide bonds. The van der Waals surface area contributed by atoms with Crippen molar-refractivity contribution < 1.29 is 52.8 Å². The van der Waals surface area contributed by atoms with E-state index in [0.717, 1.165) is 17.6 Å². The number of halogens is 1. The summed E-state index contributed by atoms with van der Waals surface area (Å²) >= 11 is 6.80. The Bertz CT molecular complexity index is 1810. The number of ketones is 1.